The Bertz CT molecular complexity index is 821. The van der Waals surface area contributed by atoms with Crippen molar-refractivity contribution in [3.8, 4) is 11.4 Å². The van der Waals surface area contributed by atoms with Crippen molar-refractivity contribution in [3.63, 3.8) is 0 Å². The Kier molecular flexibility index (Phi) is 3.28. The van der Waals surface area contributed by atoms with Gasteiger partial charge in [-0.1, -0.05) is 34.1 Å². The van der Waals surface area contributed by atoms with E-state index in [1.54, 1.807) is 6.07 Å². The monoisotopic (exact) mass is 354 g/mol. The number of halogens is 4. The third-order valence-electron chi connectivity index (χ3n) is 3.26. The van der Waals surface area contributed by atoms with Crippen molar-refractivity contribution in [1.29, 1.82) is 0 Å². The van der Waals surface area contributed by atoms with Crippen LogP contribution in [-0.4, -0.2) is 9.97 Å². The fraction of sp³-hybridized carbons (Fsp3) is 0.133. The van der Waals surface area contributed by atoms with Gasteiger partial charge in [-0.3, -0.25) is 0 Å². The van der Waals surface area contributed by atoms with Gasteiger partial charge < -0.3 is 4.98 Å². The molecule has 0 aliphatic heterocycles. The number of hydrogen-bond donors (Lipinski definition) is 1. The summed E-state index contributed by atoms with van der Waals surface area (Å²) >= 11 is 2.93. The summed E-state index contributed by atoms with van der Waals surface area (Å²) in [6, 6.07) is 9.72. The molecule has 0 spiro atoms. The zero-order chi connectivity index (χ0) is 15.2. The van der Waals surface area contributed by atoms with E-state index in [2.05, 4.69) is 25.9 Å². The largest absolute Gasteiger partial charge is 0.417 e. The highest BCUT2D eigenvalue weighted by atomic mass is 79.9. The predicted octanol–water partition coefficient (Wildman–Crippen LogP) is 5.32. The molecule has 0 bridgehead atoms. The fourth-order valence-electron chi connectivity index (χ4n) is 2.20. The molecule has 0 saturated heterocycles. The molecule has 2 nitrogen and oxygen atoms in total. The molecule has 3 rings (SSSR count). The van der Waals surface area contributed by atoms with Gasteiger partial charge in [-0.15, -0.1) is 0 Å². The maximum absolute atomic E-state index is 13.0. The van der Waals surface area contributed by atoms with Crippen LogP contribution in [0.3, 0.4) is 0 Å². The zero-order valence-corrected chi connectivity index (χ0v) is 12.5. The molecule has 0 fully saturated rings. The van der Waals surface area contributed by atoms with Crippen molar-refractivity contribution in [3.05, 3.63) is 52.0 Å². The Labute approximate surface area is 127 Å². The molecular weight excluding hydrogens is 345 g/mol. The van der Waals surface area contributed by atoms with E-state index in [1.807, 2.05) is 25.1 Å². The van der Waals surface area contributed by atoms with Crippen LogP contribution >= 0.6 is 15.9 Å². The Hall–Kier alpha value is -1.82. The van der Waals surface area contributed by atoms with Crippen molar-refractivity contribution < 1.29 is 13.2 Å². The van der Waals surface area contributed by atoms with E-state index in [0.717, 1.165) is 22.7 Å². The highest BCUT2D eigenvalue weighted by Crippen LogP contribution is 2.37. The topological polar surface area (TPSA) is 28.7 Å². The van der Waals surface area contributed by atoms with E-state index in [1.165, 1.54) is 6.07 Å². The Morgan fingerprint density at radius 1 is 1.14 bits per heavy atom. The second-order valence-electron chi connectivity index (χ2n) is 4.75. The number of alkyl halides is 3. The molecule has 0 radical (unpaired) electrons. The average Bonchev–Trinajstić information content (AvgIpc) is 2.83. The molecule has 1 heterocycles. The number of aromatic amines is 1. The standard InChI is InChI=1S/C15H10BrF3N2/c1-8-3-2-4-12-13(8)21-14(20-12)9-5-6-11(16)10(7-9)15(17,18)19/h2-7H,1H3,(H,20,21). The summed E-state index contributed by atoms with van der Waals surface area (Å²) in [5.41, 5.74) is 2.24. The number of nitrogens with one attached hydrogen (secondary N) is 1. The molecule has 3 aromatic rings. The van der Waals surface area contributed by atoms with Crippen LogP contribution in [0.2, 0.25) is 0 Å². The molecule has 21 heavy (non-hydrogen) atoms. The van der Waals surface area contributed by atoms with Gasteiger partial charge in [-0.05, 0) is 30.7 Å². The molecule has 2 aromatic carbocycles. The van der Waals surface area contributed by atoms with Gasteiger partial charge in [-0.25, -0.2) is 4.98 Å². The van der Waals surface area contributed by atoms with Gasteiger partial charge in [0.15, 0.2) is 0 Å². The number of imidazole rings is 1. The van der Waals surface area contributed by atoms with E-state index in [-0.39, 0.29) is 4.47 Å². The Morgan fingerprint density at radius 2 is 1.90 bits per heavy atom. The number of aryl methyl sites for hydroxylation is 1. The first kappa shape index (κ1) is 14.1. The van der Waals surface area contributed by atoms with Gasteiger partial charge in [0, 0.05) is 10.0 Å². The van der Waals surface area contributed by atoms with E-state index in [9.17, 15) is 13.2 Å². The van der Waals surface area contributed by atoms with Gasteiger partial charge in [0.1, 0.15) is 5.82 Å². The number of fused-ring (bicyclic) bond motifs is 1. The molecule has 6 heteroatoms. The van der Waals surface area contributed by atoms with Gasteiger partial charge in [0.05, 0.1) is 16.6 Å². The number of rotatable bonds is 1. The third kappa shape index (κ3) is 2.55. The summed E-state index contributed by atoms with van der Waals surface area (Å²) in [4.78, 5) is 7.45. The van der Waals surface area contributed by atoms with Crippen molar-refractivity contribution in [2.24, 2.45) is 0 Å². The SMILES string of the molecule is Cc1cccc2[nH]c(-c3ccc(Br)c(C(F)(F)F)c3)nc12. The van der Waals surface area contributed by atoms with E-state index >= 15 is 0 Å². The molecule has 0 unspecified atom stereocenters. The van der Waals surface area contributed by atoms with Crippen molar-refractivity contribution in [2.75, 3.05) is 0 Å². The zero-order valence-electron chi connectivity index (χ0n) is 10.9. The molecule has 0 aliphatic rings. The molecule has 0 amide bonds. The predicted molar refractivity (Wildman–Crippen MR) is 79.0 cm³/mol. The second kappa shape index (κ2) is 4.87. The maximum atomic E-state index is 13.0. The summed E-state index contributed by atoms with van der Waals surface area (Å²) in [7, 11) is 0. The minimum Gasteiger partial charge on any atom is -0.338 e. The van der Waals surface area contributed by atoms with Crippen LogP contribution in [0.5, 0.6) is 0 Å². The van der Waals surface area contributed by atoms with E-state index in [4.69, 9.17) is 0 Å². The minimum atomic E-state index is -4.41. The third-order valence-corrected chi connectivity index (χ3v) is 3.95. The first-order valence-electron chi connectivity index (χ1n) is 6.19. The maximum Gasteiger partial charge on any atom is 0.417 e. The summed E-state index contributed by atoms with van der Waals surface area (Å²) in [5, 5.41) is 0. The first-order chi connectivity index (χ1) is 9.86. The number of para-hydroxylation sites is 1. The van der Waals surface area contributed by atoms with Crippen molar-refractivity contribution in [2.45, 2.75) is 13.1 Å². The van der Waals surface area contributed by atoms with Crippen LogP contribution in [-0.2, 0) is 6.18 Å². The van der Waals surface area contributed by atoms with Gasteiger partial charge >= 0.3 is 6.18 Å². The summed E-state index contributed by atoms with van der Waals surface area (Å²) in [6.07, 6.45) is -4.41. The molecule has 1 N–H and O–H groups in total. The van der Waals surface area contributed by atoms with E-state index in [0.29, 0.717) is 11.4 Å². The molecule has 0 atom stereocenters. The number of H-pyrrole nitrogens is 1. The lowest BCUT2D eigenvalue weighted by Crippen LogP contribution is -2.06. The number of aromatic nitrogens is 2. The van der Waals surface area contributed by atoms with Crippen LogP contribution in [0.15, 0.2) is 40.9 Å². The van der Waals surface area contributed by atoms with Gasteiger partial charge in [0.25, 0.3) is 0 Å². The van der Waals surface area contributed by atoms with Gasteiger partial charge in [-0.2, -0.15) is 13.2 Å². The molecule has 1 aromatic heterocycles. The number of hydrogen-bond acceptors (Lipinski definition) is 1. The van der Waals surface area contributed by atoms with Gasteiger partial charge in [0.2, 0.25) is 0 Å². The molecule has 0 saturated carbocycles. The first-order valence-corrected chi connectivity index (χ1v) is 6.98. The molecule has 0 aliphatic carbocycles. The van der Waals surface area contributed by atoms with Crippen LogP contribution in [0.4, 0.5) is 13.2 Å². The van der Waals surface area contributed by atoms with Crippen LogP contribution in [0.25, 0.3) is 22.4 Å². The van der Waals surface area contributed by atoms with E-state index < -0.39 is 11.7 Å². The highest BCUT2D eigenvalue weighted by molar-refractivity contribution is 9.10. The highest BCUT2D eigenvalue weighted by Gasteiger charge is 2.33. The second-order valence-corrected chi connectivity index (χ2v) is 5.60. The van der Waals surface area contributed by atoms with Crippen molar-refractivity contribution in [1.82, 2.24) is 9.97 Å². The van der Waals surface area contributed by atoms with Crippen LogP contribution in [0.1, 0.15) is 11.1 Å². The summed E-state index contributed by atoms with van der Waals surface area (Å²) < 4.78 is 38.9. The summed E-state index contributed by atoms with van der Waals surface area (Å²) in [5.74, 6) is 0.428. The minimum absolute atomic E-state index is 0.0195. The van der Waals surface area contributed by atoms with Crippen molar-refractivity contribution >= 4 is 27.0 Å². The van der Waals surface area contributed by atoms with Crippen LogP contribution < -0.4 is 0 Å². The fourth-order valence-corrected chi connectivity index (χ4v) is 2.67. The lowest BCUT2D eigenvalue weighted by Gasteiger charge is -2.10. The van der Waals surface area contributed by atoms with Crippen LogP contribution in [0, 0.1) is 6.92 Å². The average molecular weight is 355 g/mol. The lowest BCUT2D eigenvalue weighted by molar-refractivity contribution is -0.138. The molecular formula is C15H10BrF3N2. The summed E-state index contributed by atoms with van der Waals surface area (Å²) in [6.45, 7) is 1.91. The number of nitrogens with zero attached hydrogens (tertiary/aromatic N) is 1. The Balaban J connectivity index is 2.17. The normalized spacial score (nSPS) is 12.0. The smallest absolute Gasteiger partial charge is 0.338 e. The Morgan fingerprint density at radius 3 is 2.57 bits per heavy atom. The quantitative estimate of drug-likeness (QED) is 0.629. The number of benzene rings is 2. The molecule has 108 valence electrons. The lowest BCUT2D eigenvalue weighted by atomic mass is 10.1.